The summed E-state index contributed by atoms with van der Waals surface area (Å²) in [5.41, 5.74) is 0.930. The number of benzene rings is 1. The zero-order chi connectivity index (χ0) is 15.4. The predicted octanol–water partition coefficient (Wildman–Crippen LogP) is 2.56. The van der Waals surface area contributed by atoms with Crippen LogP contribution in [0.5, 0.6) is 5.75 Å². The van der Waals surface area contributed by atoms with E-state index in [1.807, 2.05) is 31.2 Å². The van der Waals surface area contributed by atoms with Crippen molar-refractivity contribution in [2.75, 3.05) is 19.4 Å². The standard InChI is InChI=1S/C15H25NO3S/c1-6-16-14(11-20(17,18)15(2,3)4)12-8-7-9-13(10-12)19-5/h7-10,14,16H,6,11H2,1-5H3. The Kier molecular flexibility index (Phi) is 5.59. The van der Waals surface area contributed by atoms with Crippen LogP contribution in [0.2, 0.25) is 0 Å². The van der Waals surface area contributed by atoms with E-state index in [9.17, 15) is 8.42 Å². The van der Waals surface area contributed by atoms with Crippen molar-refractivity contribution >= 4 is 9.84 Å². The molecule has 1 N–H and O–H groups in total. The van der Waals surface area contributed by atoms with E-state index in [2.05, 4.69) is 5.32 Å². The van der Waals surface area contributed by atoms with Gasteiger partial charge in [0.05, 0.1) is 17.6 Å². The quantitative estimate of drug-likeness (QED) is 0.877. The van der Waals surface area contributed by atoms with Gasteiger partial charge in [0.1, 0.15) is 5.75 Å². The fourth-order valence-electron chi connectivity index (χ4n) is 1.85. The van der Waals surface area contributed by atoms with E-state index in [0.717, 1.165) is 11.3 Å². The smallest absolute Gasteiger partial charge is 0.157 e. The van der Waals surface area contributed by atoms with Crippen LogP contribution < -0.4 is 10.1 Å². The van der Waals surface area contributed by atoms with Crippen molar-refractivity contribution in [1.82, 2.24) is 5.32 Å². The van der Waals surface area contributed by atoms with Crippen LogP contribution in [-0.2, 0) is 9.84 Å². The molecule has 0 aliphatic carbocycles. The second-order valence-corrected chi connectivity index (χ2v) is 8.57. The summed E-state index contributed by atoms with van der Waals surface area (Å²) in [5.74, 6) is 0.816. The third-order valence-corrected chi connectivity index (χ3v) is 5.90. The molecular weight excluding hydrogens is 274 g/mol. The Morgan fingerprint density at radius 2 is 1.95 bits per heavy atom. The normalized spacial score (nSPS) is 14.1. The van der Waals surface area contributed by atoms with Gasteiger partial charge >= 0.3 is 0 Å². The fraction of sp³-hybridized carbons (Fsp3) is 0.600. The molecular formula is C15H25NO3S. The summed E-state index contributed by atoms with van der Waals surface area (Å²) >= 11 is 0. The summed E-state index contributed by atoms with van der Waals surface area (Å²) in [7, 11) is -1.59. The summed E-state index contributed by atoms with van der Waals surface area (Å²) in [4.78, 5) is 0. The minimum absolute atomic E-state index is 0.0809. The maximum absolute atomic E-state index is 12.4. The number of nitrogens with one attached hydrogen (secondary N) is 1. The van der Waals surface area contributed by atoms with E-state index in [0.29, 0.717) is 6.54 Å². The number of methoxy groups -OCH3 is 1. The first-order valence-corrected chi connectivity index (χ1v) is 8.46. The maximum atomic E-state index is 12.4. The molecule has 0 aromatic heterocycles. The van der Waals surface area contributed by atoms with E-state index in [1.165, 1.54) is 0 Å². The van der Waals surface area contributed by atoms with Gasteiger partial charge < -0.3 is 10.1 Å². The highest BCUT2D eigenvalue weighted by molar-refractivity contribution is 7.92. The van der Waals surface area contributed by atoms with Crippen molar-refractivity contribution in [3.63, 3.8) is 0 Å². The molecule has 0 aliphatic heterocycles. The van der Waals surface area contributed by atoms with E-state index in [4.69, 9.17) is 4.74 Å². The van der Waals surface area contributed by atoms with Crippen molar-refractivity contribution < 1.29 is 13.2 Å². The largest absolute Gasteiger partial charge is 0.497 e. The summed E-state index contributed by atoms with van der Waals surface area (Å²) in [6.45, 7) is 7.88. The molecule has 0 fully saturated rings. The Balaban J connectivity index is 3.06. The Morgan fingerprint density at radius 1 is 1.30 bits per heavy atom. The van der Waals surface area contributed by atoms with Crippen molar-refractivity contribution in [1.29, 1.82) is 0 Å². The summed E-state index contributed by atoms with van der Waals surface area (Å²) < 4.78 is 29.2. The van der Waals surface area contributed by atoms with Crippen LogP contribution in [0.4, 0.5) is 0 Å². The average molecular weight is 299 g/mol. The van der Waals surface area contributed by atoms with Crippen LogP contribution >= 0.6 is 0 Å². The molecule has 5 heteroatoms. The Hall–Kier alpha value is -1.07. The van der Waals surface area contributed by atoms with E-state index < -0.39 is 14.6 Å². The molecule has 0 spiro atoms. The van der Waals surface area contributed by atoms with Gasteiger partial charge in [-0.15, -0.1) is 0 Å². The molecule has 0 radical (unpaired) electrons. The molecule has 0 bridgehead atoms. The molecule has 0 amide bonds. The van der Waals surface area contributed by atoms with Crippen LogP contribution in [0.1, 0.15) is 39.3 Å². The van der Waals surface area contributed by atoms with Crippen molar-refractivity contribution in [3.05, 3.63) is 29.8 Å². The van der Waals surface area contributed by atoms with E-state index in [1.54, 1.807) is 27.9 Å². The number of sulfone groups is 1. The maximum Gasteiger partial charge on any atom is 0.157 e. The molecule has 1 unspecified atom stereocenters. The van der Waals surface area contributed by atoms with Gasteiger partial charge in [0.2, 0.25) is 0 Å². The molecule has 114 valence electrons. The minimum Gasteiger partial charge on any atom is -0.497 e. The summed E-state index contributed by atoms with van der Waals surface area (Å²) in [5, 5.41) is 3.24. The highest BCUT2D eigenvalue weighted by Crippen LogP contribution is 2.25. The molecule has 1 rings (SSSR count). The van der Waals surface area contributed by atoms with Crippen molar-refractivity contribution in [2.24, 2.45) is 0 Å². The molecule has 1 aromatic rings. The van der Waals surface area contributed by atoms with E-state index >= 15 is 0 Å². The molecule has 0 saturated heterocycles. The molecule has 1 atom stereocenters. The lowest BCUT2D eigenvalue weighted by Gasteiger charge is -2.25. The Morgan fingerprint density at radius 3 is 2.45 bits per heavy atom. The molecule has 20 heavy (non-hydrogen) atoms. The Labute approximate surface area is 122 Å². The van der Waals surface area contributed by atoms with Crippen molar-refractivity contribution in [2.45, 2.75) is 38.5 Å². The van der Waals surface area contributed by atoms with Gasteiger partial charge in [-0.05, 0) is 45.0 Å². The second kappa shape index (κ2) is 6.59. The number of rotatable bonds is 6. The lowest BCUT2D eigenvalue weighted by atomic mass is 10.1. The van der Waals surface area contributed by atoms with Crippen molar-refractivity contribution in [3.8, 4) is 5.75 Å². The SMILES string of the molecule is CCNC(CS(=O)(=O)C(C)(C)C)c1cccc(OC)c1. The fourth-order valence-corrected chi connectivity index (χ4v) is 3.10. The van der Waals surface area contributed by atoms with Gasteiger partial charge in [-0.2, -0.15) is 0 Å². The first-order chi connectivity index (χ1) is 9.21. The molecule has 0 saturated carbocycles. The van der Waals surface area contributed by atoms with Gasteiger partial charge in [-0.1, -0.05) is 19.1 Å². The van der Waals surface area contributed by atoms with Gasteiger partial charge in [0, 0.05) is 6.04 Å². The van der Waals surface area contributed by atoms with Crippen LogP contribution in [0.15, 0.2) is 24.3 Å². The average Bonchev–Trinajstić information content (AvgIpc) is 2.37. The van der Waals surface area contributed by atoms with Gasteiger partial charge in [0.15, 0.2) is 9.84 Å². The zero-order valence-corrected chi connectivity index (χ0v) is 13.8. The minimum atomic E-state index is -3.19. The van der Waals surface area contributed by atoms with Gasteiger partial charge in [-0.25, -0.2) is 8.42 Å². The van der Waals surface area contributed by atoms with Crippen LogP contribution in [0, 0.1) is 0 Å². The highest BCUT2D eigenvalue weighted by atomic mass is 32.2. The summed E-state index contributed by atoms with van der Waals surface area (Å²) in [6, 6.07) is 7.31. The number of hydrogen-bond donors (Lipinski definition) is 1. The van der Waals surface area contributed by atoms with Crippen LogP contribution in [0.25, 0.3) is 0 Å². The second-order valence-electron chi connectivity index (χ2n) is 5.78. The van der Waals surface area contributed by atoms with Crippen LogP contribution in [-0.4, -0.2) is 32.6 Å². The third kappa shape index (κ3) is 4.21. The summed E-state index contributed by atoms with van der Waals surface area (Å²) in [6.07, 6.45) is 0. The predicted molar refractivity (Wildman–Crippen MR) is 83.0 cm³/mol. The van der Waals surface area contributed by atoms with Gasteiger partial charge in [0.25, 0.3) is 0 Å². The molecule has 0 heterocycles. The lowest BCUT2D eigenvalue weighted by Crippen LogP contribution is -2.36. The molecule has 1 aromatic carbocycles. The van der Waals surface area contributed by atoms with E-state index in [-0.39, 0.29) is 11.8 Å². The number of hydrogen-bond acceptors (Lipinski definition) is 4. The lowest BCUT2D eigenvalue weighted by molar-refractivity contribution is 0.413. The first kappa shape index (κ1) is 17.0. The molecule has 0 aliphatic rings. The molecule has 4 nitrogen and oxygen atoms in total. The number of ether oxygens (including phenoxy) is 1. The van der Waals surface area contributed by atoms with Crippen LogP contribution in [0.3, 0.4) is 0 Å². The highest BCUT2D eigenvalue weighted by Gasteiger charge is 2.32. The third-order valence-electron chi connectivity index (χ3n) is 3.27. The first-order valence-electron chi connectivity index (χ1n) is 6.81. The topological polar surface area (TPSA) is 55.4 Å². The van der Waals surface area contributed by atoms with Gasteiger partial charge in [-0.3, -0.25) is 0 Å². The zero-order valence-electron chi connectivity index (χ0n) is 12.9. The monoisotopic (exact) mass is 299 g/mol. The Bertz CT molecular complexity index is 532.